The van der Waals surface area contributed by atoms with Gasteiger partial charge in [0, 0.05) is 11.6 Å². The monoisotopic (exact) mass is 460 g/mol. The third-order valence-corrected chi connectivity index (χ3v) is 5.87. The van der Waals surface area contributed by atoms with Crippen molar-refractivity contribution in [1.82, 2.24) is 0 Å². The van der Waals surface area contributed by atoms with Crippen molar-refractivity contribution in [3.8, 4) is 5.75 Å². The molecule has 160 valence electrons. The van der Waals surface area contributed by atoms with Crippen LogP contribution in [0.2, 0.25) is 5.02 Å². The lowest BCUT2D eigenvalue weighted by Gasteiger charge is -2.11. The molecule has 0 bridgehead atoms. The van der Waals surface area contributed by atoms with Gasteiger partial charge in [0.25, 0.3) is 10.0 Å². The van der Waals surface area contributed by atoms with Crippen LogP contribution in [0.15, 0.2) is 77.7 Å². The van der Waals surface area contributed by atoms with Crippen LogP contribution in [0, 0.1) is 5.82 Å². The van der Waals surface area contributed by atoms with Gasteiger partial charge >= 0.3 is 0 Å². The Hall–Kier alpha value is -3.36. The van der Waals surface area contributed by atoms with Crippen molar-refractivity contribution >= 4 is 45.0 Å². The molecule has 0 spiro atoms. The lowest BCUT2D eigenvalue weighted by atomic mass is 10.2. The molecule has 31 heavy (non-hydrogen) atoms. The molecular formula is C22H18ClFN2O4S. The number of hydrogen-bond acceptors (Lipinski definition) is 4. The van der Waals surface area contributed by atoms with Gasteiger partial charge in [-0.05, 0) is 42.5 Å². The number of hydrogen-bond donors (Lipinski definition) is 2. The van der Waals surface area contributed by atoms with Gasteiger partial charge < -0.3 is 10.1 Å². The molecule has 0 radical (unpaired) electrons. The zero-order chi connectivity index (χ0) is 22.4. The maximum Gasteiger partial charge on any atom is 0.262 e. The first-order chi connectivity index (χ1) is 14.8. The molecule has 0 fully saturated rings. The minimum absolute atomic E-state index is 0.0905. The van der Waals surface area contributed by atoms with Gasteiger partial charge in [0.15, 0.2) is 0 Å². The Morgan fingerprint density at radius 1 is 1.03 bits per heavy atom. The van der Waals surface area contributed by atoms with Crippen LogP contribution in [0.3, 0.4) is 0 Å². The van der Waals surface area contributed by atoms with E-state index in [0.29, 0.717) is 11.3 Å². The van der Waals surface area contributed by atoms with Gasteiger partial charge in [0.2, 0.25) is 5.91 Å². The number of methoxy groups -OCH3 is 1. The van der Waals surface area contributed by atoms with E-state index in [9.17, 15) is 17.6 Å². The number of nitrogens with one attached hydrogen (secondary N) is 2. The van der Waals surface area contributed by atoms with E-state index in [4.69, 9.17) is 16.3 Å². The Morgan fingerprint density at radius 3 is 2.48 bits per heavy atom. The highest BCUT2D eigenvalue weighted by molar-refractivity contribution is 7.92. The first-order valence-corrected chi connectivity index (χ1v) is 10.9. The number of amides is 1. The summed E-state index contributed by atoms with van der Waals surface area (Å²) in [5.74, 6) is -0.642. The molecular weight excluding hydrogens is 443 g/mol. The number of halogens is 2. The lowest BCUT2D eigenvalue weighted by molar-refractivity contribution is -0.111. The van der Waals surface area contributed by atoms with Gasteiger partial charge in [-0.1, -0.05) is 41.9 Å². The van der Waals surface area contributed by atoms with Gasteiger partial charge in [-0.3, -0.25) is 9.52 Å². The summed E-state index contributed by atoms with van der Waals surface area (Å²) >= 11 is 6.11. The molecule has 0 atom stereocenters. The molecule has 6 nitrogen and oxygen atoms in total. The lowest BCUT2D eigenvalue weighted by Crippen LogP contribution is -2.15. The molecule has 9 heteroatoms. The number of rotatable bonds is 7. The largest absolute Gasteiger partial charge is 0.496 e. The Labute approximate surface area is 184 Å². The number of benzene rings is 3. The van der Waals surface area contributed by atoms with E-state index in [1.165, 1.54) is 49.6 Å². The molecule has 0 aliphatic rings. The van der Waals surface area contributed by atoms with Gasteiger partial charge in [0.1, 0.15) is 11.6 Å². The molecule has 2 N–H and O–H groups in total. The van der Waals surface area contributed by atoms with Crippen molar-refractivity contribution in [3.63, 3.8) is 0 Å². The third kappa shape index (κ3) is 5.62. The Kier molecular flexibility index (Phi) is 6.94. The summed E-state index contributed by atoms with van der Waals surface area (Å²) in [6.45, 7) is 0. The van der Waals surface area contributed by atoms with Crippen LogP contribution in [0.1, 0.15) is 5.56 Å². The fourth-order valence-electron chi connectivity index (χ4n) is 2.66. The van der Waals surface area contributed by atoms with Crippen molar-refractivity contribution in [2.45, 2.75) is 4.90 Å². The number of sulfonamides is 1. The number of carbonyl (C=O) groups is 1. The van der Waals surface area contributed by atoms with Crippen molar-refractivity contribution in [3.05, 3.63) is 89.2 Å². The molecule has 3 rings (SSSR count). The van der Waals surface area contributed by atoms with E-state index in [0.717, 1.165) is 6.07 Å². The van der Waals surface area contributed by atoms with E-state index in [1.54, 1.807) is 30.3 Å². The number of ether oxygens (including phenoxy) is 1. The minimum atomic E-state index is -4.11. The van der Waals surface area contributed by atoms with E-state index in [2.05, 4.69) is 10.0 Å². The maximum atomic E-state index is 13.8. The first-order valence-electron chi connectivity index (χ1n) is 8.99. The second-order valence-electron chi connectivity index (χ2n) is 6.29. The van der Waals surface area contributed by atoms with Crippen molar-refractivity contribution in [2.75, 3.05) is 17.1 Å². The van der Waals surface area contributed by atoms with E-state index in [1.807, 2.05) is 0 Å². The number of carbonyl (C=O) groups excluding carboxylic acids is 1. The predicted octanol–water partition coefficient (Wildman–Crippen LogP) is 4.94. The second-order valence-corrected chi connectivity index (χ2v) is 8.38. The van der Waals surface area contributed by atoms with Crippen LogP contribution in [0.4, 0.5) is 15.8 Å². The van der Waals surface area contributed by atoms with Crippen molar-refractivity contribution in [1.29, 1.82) is 0 Å². The van der Waals surface area contributed by atoms with Crippen LogP contribution < -0.4 is 14.8 Å². The summed E-state index contributed by atoms with van der Waals surface area (Å²) in [5, 5.41) is 2.68. The van der Waals surface area contributed by atoms with E-state index < -0.39 is 21.7 Å². The Morgan fingerprint density at radius 2 is 1.74 bits per heavy atom. The molecule has 0 aliphatic carbocycles. The van der Waals surface area contributed by atoms with Gasteiger partial charge in [-0.15, -0.1) is 0 Å². The summed E-state index contributed by atoms with van der Waals surface area (Å²) < 4.78 is 46.5. The molecule has 0 heterocycles. The normalized spacial score (nSPS) is 11.3. The molecule has 3 aromatic carbocycles. The third-order valence-electron chi connectivity index (χ3n) is 4.18. The summed E-state index contributed by atoms with van der Waals surface area (Å²) in [5.41, 5.74) is 0.590. The van der Waals surface area contributed by atoms with Crippen LogP contribution in [0.5, 0.6) is 5.75 Å². The maximum absolute atomic E-state index is 13.8. The summed E-state index contributed by atoms with van der Waals surface area (Å²) in [4.78, 5) is 12.1. The quantitative estimate of drug-likeness (QED) is 0.489. The molecule has 0 saturated heterocycles. The summed E-state index contributed by atoms with van der Waals surface area (Å²) in [6.07, 6.45) is 2.83. The summed E-state index contributed by atoms with van der Waals surface area (Å²) in [7, 11) is -2.59. The Bertz CT molecular complexity index is 1250. The molecule has 0 aliphatic heterocycles. The van der Waals surface area contributed by atoms with Crippen LogP contribution in [-0.4, -0.2) is 21.4 Å². The number of para-hydroxylation sites is 2. The minimum Gasteiger partial charge on any atom is -0.496 e. The second kappa shape index (κ2) is 9.63. The first kappa shape index (κ1) is 22.3. The van der Waals surface area contributed by atoms with Crippen molar-refractivity contribution < 1.29 is 22.3 Å². The van der Waals surface area contributed by atoms with E-state index in [-0.39, 0.29) is 21.3 Å². The van der Waals surface area contributed by atoms with Crippen molar-refractivity contribution in [2.24, 2.45) is 0 Å². The fraction of sp³-hybridized carbons (Fsp3) is 0.0455. The molecule has 0 unspecified atom stereocenters. The average molecular weight is 461 g/mol. The van der Waals surface area contributed by atoms with Gasteiger partial charge in [-0.2, -0.15) is 0 Å². The molecule has 0 aromatic heterocycles. The highest BCUT2D eigenvalue weighted by Gasteiger charge is 2.18. The van der Waals surface area contributed by atoms with E-state index >= 15 is 0 Å². The zero-order valence-electron chi connectivity index (χ0n) is 16.3. The highest BCUT2D eigenvalue weighted by atomic mass is 35.5. The zero-order valence-corrected chi connectivity index (χ0v) is 17.9. The van der Waals surface area contributed by atoms with Crippen LogP contribution >= 0.6 is 11.6 Å². The molecule has 0 saturated carbocycles. The average Bonchev–Trinajstić information content (AvgIpc) is 2.75. The standard InChI is InChI=1S/C22H18ClFN2O4S/c1-30-21-9-5-2-6-15(21)10-13-22(27)25-20-14-16(11-12-17(20)23)31(28,29)26-19-8-4-3-7-18(19)24/h2-14,26H,1H3,(H,25,27)/b13-10+. The Balaban J connectivity index is 1.80. The smallest absolute Gasteiger partial charge is 0.262 e. The summed E-state index contributed by atoms with van der Waals surface area (Å²) in [6, 6.07) is 16.3. The molecule has 3 aromatic rings. The molecule has 1 amide bonds. The highest BCUT2D eigenvalue weighted by Crippen LogP contribution is 2.27. The van der Waals surface area contributed by atoms with Gasteiger partial charge in [0.05, 0.1) is 28.4 Å². The van der Waals surface area contributed by atoms with Crippen LogP contribution in [0.25, 0.3) is 6.08 Å². The SMILES string of the molecule is COc1ccccc1/C=C/C(=O)Nc1cc(S(=O)(=O)Nc2ccccc2F)ccc1Cl. The predicted molar refractivity (Wildman–Crippen MR) is 119 cm³/mol. The topological polar surface area (TPSA) is 84.5 Å². The number of anilines is 2. The van der Waals surface area contributed by atoms with Crippen LogP contribution in [-0.2, 0) is 14.8 Å². The van der Waals surface area contributed by atoms with Gasteiger partial charge in [-0.25, -0.2) is 12.8 Å². The fourth-order valence-corrected chi connectivity index (χ4v) is 3.92.